The summed E-state index contributed by atoms with van der Waals surface area (Å²) in [6.45, 7) is 11.6. The van der Waals surface area contributed by atoms with Crippen LogP contribution in [0.25, 0.3) is 0 Å². The molecular formula is C43H64N6O8. The Morgan fingerprint density at radius 2 is 1.30 bits per heavy atom. The number of rotatable bonds is 29. The number of azo groups is 1. The molecule has 14 heteroatoms. The van der Waals surface area contributed by atoms with E-state index in [1.165, 1.54) is 109 Å². The van der Waals surface area contributed by atoms with Crippen LogP contribution in [0, 0.1) is 10.1 Å². The number of nitrogens with one attached hydrogen (secondary N) is 2. The fourth-order valence-electron chi connectivity index (χ4n) is 6.35. The lowest BCUT2D eigenvalue weighted by Crippen LogP contribution is -2.27. The fourth-order valence-corrected chi connectivity index (χ4v) is 6.35. The fraction of sp³-hybridized carbons (Fsp3) is 0.581. The van der Waals surface area contributed by atoms with Crippen LogP contribution in [-0.2, 0) is 19.1 Å². The highest BCUT2D eigenvalue weighted by molar-refractivity contribution is 5.70. The zero-order chi connectivity index (χ0) is 41.3. The summed E-state index contributed by atoms with van der Waals surface area (Å²) < 4.78 is 22.2. The number of anilines is 2. The highest BCUT2D eigenvalue weighted by Crippen LogP contribution is 2.40. The van der Waals surface area contributed by atoms with E-state index in [2.05, 4.69) is 47.7 Å². The standard InChI is InChI=1S/C43H64N6O8/c1-6-8-10-12-14-16-24-48(25-17-15-13-11-9-7-2)38-22-23-39(33(3)30-38)45-47-41-32-42(56-28-26-54-34(4)50)40(31-43(41)57-29-27-55-35(5)51)46-44-36-18-20-37(21-19-36)49(52)53/h18-21,30-32,44,46H,6-17,22-29H2,1-5H3. The highest BCUT2D eigenvalue weighted by atomic mass is 16.6. The summed E-state index contributed by atoms with van der Waals surface area (Å²) in [5, 5.41) is 20.5. The number of ether oxygens (including phenoxy) is 4. The molecule has 0 saturated carbocycles. The summed E-state index contributed by atoms with van der Waals surface area (Å²) in [5.41, 5.74) is 10.7. The van der Waals surface area contributed by atoms with Crippen molar-refractivity contribution in [3.8, 4) is 11.5 Å². The molecule has 0 radical (unpaired) electrons. The predicted molar refractivity (Wildman–Crippen MR) is 224 cm³/mol. The number of carbonyl (C=O) groups excluding carboxylic acids is 2. The van der Waals surface area contributed by atoms with Crippen molar-refractivity contribution in [1.82, 2.24) is 4.90 Å². The zero-order valence-corrected chi connectivity index (χ0v) is 34.7. The predicted octanol–water partition coefficient (Wildman–Crippen LogP) is 11.0. The van der Waals surface area contributed by atoms with Crippen molar-refractivity contribution in [3.63, 3.8) is 0 Å². The number of non-ortho nitro benzene ring substituents is 1. The number of allylic oxidation sites excluding steroid dienone is 4. The molecule has 1 aliphatic rings. The first-order valence-corrected chi connectivity index (χ1v) is 20.6. The number of hydrogen-bond acceptors (Lipinski definition) is 13. The summed E-state index contributed by atoms with van der Waals surface area (Å²) in [6.07, 6.45) is 19.2. The second-order valence-electron chi connectivity index (χ2n) is 14.2. The topological polar surface area (TPSA) is 166 Å². The molecule has 57 heavy (non-hydrogen) atoms. The lowest BCUT2D eigenvalue weighted by atomic mass is 10.0. The Labute approximate surface area is 338 Å². The van der Waals surface area contributed by atoms with Crippen molar-refractivity contribution in [2.45, 2.75) is 125 Å². The first kappa shape index (κ1) is 46.2. The Morgan fingerprint density at radius 3 is 1.84 bits per heavy atom. The Hall–Kier alpha value is -5.14. The van der Waals surface area contributed by atoms with Crippen LogP contribution in [0.5, 0.6) is 11.5 Å². The molecule has 314 valence electrons. The van der Waals surface area contributed by atoms with E-state index in [1.54, 1.807) is 24.3 Å². The van der Waals surface area contributed by atoms with Gasteiger partial charge in [-0.25, -0.2) is 0 Å². The van der Waals surface area contributed by atoms with E-state index >= 15 is 0 Å². The average Bonchev–Trinajstić information content (AvgIpc) is 3.19. The maximum atomic E-state index is 11.4. The quantitative estimate of drug-likeness (QED) is 0.0264. The van der Waals surface area contributed by atoms with E-state index in [9.17, 15) is 19.7 Å². The number of nitrogens with zero attached hydrogens (tertiary/aromatic N) is 4. The molecule has 0 unspecified atom stereocenters. The molecule has 0 aromatic heterocycles. The smallest absolute Gasteiger partial charge is 0.302 e. The minimum absolute atomic E-state index is 0.0253. The monoisotopic (exact) mass is 792 g/mol. The molecule has 0 saturated heterocycles. The van der Waals surface area contributed by atoms with Crippen molar-refractivity contribution in [3.05, 3.63) is 69.6 Å². The lowest BCUT2D eigenvalue weighted by molar-refractivity contribution is -0.384. The van der Waals surface area contributed by atoms with Crippen LogP contribution < -0.4 is 20.3 Å². The summed E-state index contributed by atoms with van der Waals surface area (Å²) in [6, 6.07) is 9.24. The largest absolute Gasteiger partial charge is 0.488 e. The van der Waals surface area contributed by atoms with Crippen molar-refractivity contribution < 1.29 is 33.5 Å². The van der Waals surface area contributed by atoms with Crippen LogP contribution in [0.2, 0.25) is 0 Å². The maximum Gasteiger partial charge on any atom is 0.302 e. The lowest BCUT2D eigenvalue weighted by Gasteiger charge is -2.30. The highest BCUT2D eigenvalue weighted by Gasteiger charge is 2.18. The van der Waals surface area contributed by atoms with E-state index in [1.807, 2.05) is 0 Å². The van der Waals surface area contributed by atoms with Crippen molar-refractivity contribution in [2.75, 3.05) is 50.4 Å². The van der Waals surface area contributed by atoms with Gasteiger partial charge in [-0.2, -0.15) is 5.11 Å². The van der Waals surface area contributed by atoms with E-state index in [0.29, 0.717) is 28.6 Å². The summed E-state index contributed by atoms with van der Waals surface area (Å²) in [7, 11) is 0. The Balaban J connectivity index is 1.88. The van der Waals surface area contributed by atoms with Gasteiger partial charge in [0.05, 0.1) is 22.0 Å². The molecule has 0 amide bonds. The third kappa shape index (κ3) is 18.1. The third-order valence-electron chi connectivity index (χ3n) is 9.48. The SMILES string of the molecule is CCCCCCCCN(CCCCCCCC)C1=CC(C)=C(N=Nc2cc(OCCOC(C)=O)c(NNc3ccc([N+](=O)[O-])cc3)cc2OCCOC(C)=O)CC1. The molecule has 2 aromatic rings. The number of nitro groups is 1. The molecule has 3 rings (SSSR count). The van der Waals surface area contributed by atoms with Gasteiger partial charge in [-0.1, -0.05) is 78.1 Å². The van der Waals surface area contributed by atoms with Gasteiger partial charge in [0.1, 0.15) is 43.6 Å². The van der Waals surface area contributed by atoms with E-state index < -0.39 is 16.9 Å². The summed E-state index contributed by atoms with van der Waals surface area (Å²) in [4.78, 5) is 36.1. The summed E-state index contributed by atoms with van der Waals surface area (Å²) in [5.74, 6) is -0.145. The normalized spacial score (nSPS) is 12.6. The number of unbranched alkanes of at least 4 members (excludes halogenated alkanes) is 10. The number of hydrogen-bond donors (Lipinski definition) is 2. The number of nitro benzene ring substituents is 1. The molecule has 0 aliphatic heterocycles. The van der Waals surface area contributed by atoms with Gasteiger partial charge < -0.3 is 29.3 Å². The van der Waals surface area contributed by atoms with Gasteiger partial charge >= 0.3 is 11.9 Å². The molecule has 0 fully saturated rings. The first-order chi connectivity index (χ1) is 27.6. The third-order valence-corrected chi connectivity index (χ3v) is 9.48. The number of hydrazine groups is 1. The molecule has 0 atom stereocenters. The van der Waals surface area contributed by atoms with Gasteiger partial charge in [0.2, 0.25) is 0 Å². The molecule has 14 nitrogen and oxygen atoms in total. The van der Waals surface area contributed by atoms with Crippen molar-refractivity contribution in [1.29, 1.82) is 0 Å². The summed E-state index contributed by atoms with van der Waals surface area (Å²) >= 11 is 0. The van der Waals surface area contributed by atoms with Crippen LogP contribution in [0.1, 0.15) is 125 Å². The van der Waals surface area contributed by atoms with Crippen molar-refractivity contribution in [2.24, 2.45) is 10.2 Å². The molecule has 0 bridgehead atoms. The van der Waals surface area contributed by atoms with Crippen LogP contribution in [0.4, 0.5) is 22.7 Å². The van der Waals surface area contributed by atoms with Gasteiger partial charge in [-0.15, -0.1) is 5.11 Å². The second-order valence-corrected chi connectivity index (χ2v) is 14.2. The number of esters is 2. The van der Waals surface area contributed by atoms with E-state index in [0.717, 1.165) is 37.2 Å². The number of carbonyl (C=O) groups is 2. The molecule has 2 N–H and O–H groups in total. The van der Waals surface area contributed by atoms with Crippen LogP contribution in [0.3, 0.4) is 0 Å². The molecule has 1 aliphatic carbocycles. The second kappa shape index (κ2) is 26.7. The zero-order valence-electron chi connectivity index (χ0n) is 34.7. The number of benzene rings is 2. The van der Waals surface area contributed by atoms with E-state index in [4.69, 9.17) is 24.1 Å². The van der Waals surface area contributed by atoms with Gasteiger partial charge in [0.25, 0.3) is 5.69 Å². The van der Waals surface area contributed by atoms with E-state index in [-0.39, 0.29) is 32.1 Å². The minimum atomic E-state index is -0.470. The minimum Gasteiger partial charge on any atom is -0.488 e. The van der Waals surface area contributed by atoms with Crippen LogP contribution in [0.15, 0.2) is 69.7 Å². The van der Waals surface area contributed by atoms with Gasteiger partial charge in [-0.3, -0.25) is 25.1 Å². The molecular weight excluding hydrogens is 729 g/mol. The van der Waals surface area contributed by atoms with Crippen LogP contribution >= 0.6 is 0 Å². The Bertz CT molecular complexity index is 1630. The maximum absolute atomic E-state index is 11.4. The molecule has 2 aromatic carbocycles. The first-order valence-electron chi connectivity index (χ1n) is 20.6. The Morgan fingerprint density at radius 1 is 0.737 bits per heavy atom. The average molecular weight is 793 g/mol. The van der Waals surface area contributed by atoms with Gasteiger partial charge in [-0.05, 0) is 56.4 Å². The molecule has 0 heterocycles. The van der Waals surface area contributed by atoms with Gasteiger partial charge in [0, 0.05) is 56.9 Å². The van der Waals surface area contributed by atoms with Gasteiger partial charge in [0.15, 0.2) is 0 Å². The molecule has 0 spiro atoms. The van der Waals surface area contributed by atoms with Crippen LogP contribution in [-0.4, -0.2) is 61.3 Å². The van der Waals surface area contributed by atoms with Crippen molar-refractivity contribution >= 4 is 34.7 Å². The Kier molecular flexibility index (Phi) is 21.6.